The van der Waals surface area contributed by atoms with E-state index in [0.29, 0.717) is 37.2 Å². The molecule has 0 atom stereocenters. The molecule has 1 aromatic rings. The molecule has 2 rings (SSSR count). The van der Waals surface area contributed by atoms with Crippen LogP contribution in [-0.4, -0.2) is 76.3 Å². The average molecular weight is 544 g/mol. The molecule has 1 heterocycles. The number of thioether (sulfide) groups is 1. The first-order valence-electron chi connectivity index (χ1n) is 8.84. The van der Waals surface area contributed by atoms with Gasteiger partial charge in [0.25, 0.3) is 0 Å². The smallest absolute Gasteiger partial charge is 0.215 e. The van der Waals surface area contributed by atoms with Crippen molar-refractivity contribution in [3.63, 3.8) is 0 Å². The molecule has 1 aliphatic rings. The van der Waals surface area contributed by atoms with Crippen molar-refractivity contribution in [2.24, 2.45) is 4.99 Å². The number of hydrogen-bond acceptors (Lipinski definition) is 6. The molecule has 11 heteroatoms. The number of aliphatic imine (C=N–C) groups is 1. The lowest BCUT2D eigenvalue weighted by molar-refractivity contribution is 0.311. The van der Waals surface area contributed by atoms with Crippen molar-refractivity contribution >= 4 is 57.4 Å². The van der Waals surface area contributed by atoms with E-state index in [4.69, 9.17) is 9.47 Å². The molecule has 0 amide bonds. The van der Waals surface area contributed by atoms with Crippen LogP contribution in [0.15, 0.2) is 23.2 Å². The molecule has 1 fully saturated rings. The second-order valence-electron chi connectivity index (χ2n) is 5.75. The van der Waals surface area contributed by atoms with E-state index in [0.717, 1.165) is 17.2 Å². The molecule has 0 aliphatic carbocycles. The van der Waals surface area contributed by atoms with Crippen LogP contribution in [0.2, 0.25) is 0 Å². The standard InChI is InChI=1S/C17H28N4O4S2.HI/c1-4-25-16-13-14(5-6-15(16)24-3)20-17(18-2)19-7-12-27(22,23)21-8-10-26-11-9-21;/h5-6,13H,4,7-12H2,1-3H3,(H2,18,19,20);1H. The maximum Gasteiger partial charge on any atom is 0.215 e. The Morgan fingerprint density at radius 1 is 1.29 bits per heavy atom. The Balaban J connectivity index is 0.00000392. The van der Waals surface area contributed by atoms with Gasteiger partial charge < -0.3 is 20.1 Å². The van der Waals surface area contributed by atoms with E-state index in [1.165, 1.54) is 0 Å². The fraction of sp³-hybridized carbons (Fsp3) is 0.588. The molecule has 1 aromatic carbocycles. The lowest BCUT2D eigenvalue weighted by atomic mass is 10.2. The van der Waals surface area contributed by atoms with Crippen molar-refractivity contribution < 1.29 is 17.9 Å². The van der Waals surface area contributed by atoms with Crippen LogP contribution < -0.4 is 20.1 Å². The van der Waals surface area contributed by atoms with Crippen LogP contribution >= 0.6 is 35.7 Å². The number of halogens is 1. The van der Waals surface area contributed by atoms with Gasteiger partial charge in [0, 0.05) is 49.9 Å². The molecular formula is C17H29IN4O4S2. The summed E-state index contributed by atoms with van der Waals surface area (Å²) in [6, 6.07) is 5.47. The highest BCUT2D eigenvalue weighted by atomic mass is 127. The minimum absolute atomic E-state index is 0. The second-order valence-corrected chi connectivity index (χ2v) is 9.06. The fourth-order valence-corrected chi connectivity index (χ4v) is 5.08. The Bertz CT molecular complexity index is 741. The number of nitrogens with zero attached hydrogens (tertiary/aromatic N) is 2. The zero-order valence-corrected chi connectivity index (χ0v) is 20.4. The molecule has 2 N–H and O–H groups in total. The average Bonchev–Trinajstić information content (AvgIpc) is 2.68. The first-order valence-corrected chi connectivity index (χ1v) is 11.6. The van der Waals surface area contributed by atoms with Crippen LogP contribution in [0, 0.1) is 0 Å². The van der Waals surface area contributed by atoms with Gasteiger partial charge in [-0.25, -0.2) is 12.7 Å². The Hall–Kier alpha value is -0.920. The van der Waals surface area contributed by atoms with Crippen molar-refractivity contribution in [1.29, 1.82) is 0 Å². The Morgan fingerprint density at radius 3 is 2.61 bits per heavy atom. The zero-order chi connectivity index (χ0) is 19.7. The van der Waals surface area contributed by atoms with Gasteiger partial charge in [-0.2, -0.15) is 11.8 Å². The quantitative estimate of drug-likeness (QED) is 0.294. The number of anilines is 1. The van der Waals surface area contributed by atoms with E-state index >= 15 is 0 Å². The van der Waals surface area contributed by atoms with E-state index < -0.39 is 10.0 Å². The third-order valence-corrected chi connectivity index (χ3v) is 6.78. The summed E-state index contributed by atoms with van der Waals surface area (Å²) >= 11 is 1.79. The molecule has 1 aliphatic heterocycles. The van der Waals surface area contributed by atoms with Crippen LogP contribution in [0.3, 0.4) is 0 Å². The van der Waals surface area contributed by atoms with Crippen molar-refractivity contribution in [3.8, 4) is 11.5 Å². The van der Waals surface area contributed by atoms with Crippen LogP contribution in [0.4, 0.5) is 5.69 Å². The number of sulfonamides is 1. The molecular weight excluding hydrogens is 515 g/mol. The predicted octanol–water partition coefficient (Wildman–Crippen LogP) is 2.08. The molecule has 0 bridgehead atoms. The number of ether oxygens (including phenoxy) is 2. The molecule has 0 spiro atoms. The SMILES string of the molecule is CCOc1cc(NC(=NC)NCCS(=O)(=O)N2CCSCC2)ccc1OC.I. The number of methoxy groups -OCH3 is 1. The zero-order valence-electron chi connectivity index (χ0n) is 16.4. The van der Waals surface area contributed by atoms with Crippen LogP contribution in [0.25, 0.3) is 0 Å². The summed E-state index contributed by atoms with van der Waals surface area (Å²) in [6.07, 6.45) is 0. The van der Waals surface area contributed by atoms with Gasteiger partial charge in [0.1, 0.15) is 0 Å². The number of hydrogen-bond donors (Lipinski definition) is 2. The summed E-state index contributed by atoms with van der Waals surface area (Å²) in [7, 11) is -0.0172. The van der Waals surface area contributed by atoms with Gasteiger partial charge in [0.15, 0.2) is 17.5 Å². The molecule has 8 nitrogen and oxygen atoms in total. The third kappa shape index (κ3) is 7.48. The van der Waals surface area contributed by atoms with Gasteiger partial charge >= 0.3 is 0 Å². The number of rotatable bonds is 8. The normalized spacial score (nSPS) is 15.5. The minimum Gasteiger partial charge on any atom is -0.493 e. The summed E-state index contributed by atoms with van der Waals surface area (Å²) in [5.74, 6) is 3.52. The number of guanidine groups is 1. The highest BCUT2D eigenvalue weighted by Gasteiger charge is 2.23. The topological polar surface area (TPSA) is 92.3 Å². The Labute approximate surface area is 188 Å². The first kappa shape index (κ1) is 25.1. The van der Waals surface area contributed by atoms with Crippen molar-refractivity contribution in [1.82, 2.24) is 9.62 Å². The monoisotopic (exact) mass is 544 g/mol. The molecule has 1 saturated heterocycles. The lowest BCUT2D eigenvalue weighted by Gasteiger charge is -2.25. The van der Waals surface area contributed by atoms with Crippen LogP contribution in [-0.2, 0) is 10.0 Å². The minimum atomic E-state index is -3.24. The molecule has 0 saturated carbocycles. The van der Waals surface area contributed by atoms with Gasteiger partial charge in [-0.3, -0.25) is 4.99 Å². The first-order chi connectivity index (χ1) is 13.0. The fourth-order valence-electron chi connectivity index (χ4n) is 2.59. The molecule has 0 aromatic heterocycles. The van der Waals surface area contributed by atoms with E-state index in [1.807, 2.05) is 19.1 Å². The maximum atomic E-state index is 12.4. The van der Waals surface area contributed by atoms with E-state index in [9.17, 15) is 8.42 Å². The molecule has 0 unspecified atom stereocenters. The highest BCUT2D eigenvalue weighted by Crippen LogP contribution is 2.30. The summed E-state index contributed by atoms with van der Waals surface area (Å²) in [4.78, 5) is 4.14. The summed E-state index contributed by atoms with van der Waals surface area (Å²) in [5, 5.41) is 6.19. The maximum absolute atomic E-state index is 12.4. The highest BCUT2D eigenvalue weighted by molar-refractivity contribution is 14.0. The van der Waals surface area contributed by atoms with E-state index in [1.54, 1.807) is 36.3 Å². The summed E-state index contributed by atoms with van der Waals surface area (Å²) in [5.41, 5.74) is 0.767. The summed E-state index contributed by atoms with van der Waals surface area (Å²) in [6.45, 7) is 3.89. The predicted molar refractivity (Wildman–Crippen MR) is 127 cm³/mol. The van der Waals surface area contributed by atoms with Crippen molar-refractivity contribution in [3.05, 3.63) is 18.2 Å². The Morgan fingerprint density at radius 2 is 2.00 bits per heavy atom. The van der Waals surface area contributed by atoms with Gasteiger partial charge in [-0.1, -0.05) is 0 Å². The van der Waals surface area contributed by atoms with Gasteiger partial charge in [0.05, 0.1) is 19.5 Å². The van der Waals surface area contributed by atoms with Gasteiger partial charge in [-0.15, -0.1) is 24.0 Å². The number of nitrogens with one attached hydrogen (secondary N) is 2. The Kier molecular flexibility index (Phi) is 11.3. The summed E-state index contributed by atoms with van der Waals surface area (Å²) < 4.78 is 37.2. The number of benzene rings is 1. The second kappa shape index (κ2) is 12.6. The molecule has 28 heavy (non-hydrogen) atoms. The lowest BCUT2D eigenvalue weighted by Crippen LogP contribution is -2.42. The molecule has 160 valence electrons. The van der Waals surface area contributed by atoms with E-state index in [-0.39, 0.29) is 36.3 Å². The largest absolute Gasteiger partial charge is 0.493 e. The third-order valence-electron chi connectivity index (χ3n) is 3.97. The van der Waals surface area contributed by atoms with Crippen molar-refractivity contribution in [2.45, 2.75) is 6.92 Å². The van der Waals surface area contributed by atoms with Gasteiger partial charge in [0.2, 0.25) is 10.0 Å². The van der Waals surface area contributed by atoms with Gasteiger partial charge in [-0.05, 0) is 19.1 Å². The van der Waals surface area contributed by atoms with E-state index in [2.05, 4.69) is 15.6 Å². The van der Waals surface area contributed by atoms with Crippen molar-refractivity contribution in [2.75, 3.05) is 63.0 Å². The molecule has 0 radical (unpaired) electrons. The van der Waals surface area contributed by atoms with Crippen LogP contribution in [0.5, 0.6) is 11.5 Å². The van der Waals surface area contributed by atoms with Crippen LogP contribution in [0.1, 0.15) is 6.92 Å².